The van der Waals surface area contributed by atoms with Crippen LogP contribution in [0.3, 0.4) is 0 Å². The second-order valence-electron chi connectivity index (χ2n) is 5.46. The fourth-order valence-corrected chi connectivity index (χ4v) is 2.61. The van der Waals surface area contributed by atoms with Crippen LogP contribution < -0.4 is 10.6 Å². The minimum absolute atomic E-state index is 0.208. The van der Waals surface area contributed by atoms with Crippen LogP contribution >= 0.6 is 23.2 Å². The maximum Gasteiger partial charge on any atom is 0.295 e. The van der Waals surface area contributed by atoms with Gasteiger partial charge in [0.2, 0.25) is 0 Å². The van der Waals surface area contributed by atoms with Gasteiger partial charge in [0.25, 0.3) is 6.01 Å². The molecule has 0 saturated heterocycles. The summed E-state index contributed by atoms with van der Waals surface area (Å²) in [6, 6.07) is 7.74. The van der Waals surface area contributed by atoms with Crippen molar-refractivity contribution in [2.45, 2.75) is 13.0 Å². The number of rotatable bonds is 7. The summed E-state index contributed by atoms with van der Waals surface area (Å²) in [6.07, 6.45) is 0.808. The van der Waals surface area contributed by atoms with Crippen LogP contribution in [0, 0.1) is 11.6 Å². The molecule has 4 nitrogen and oxygen atoms in total. The molecule has 8 heteroatoms. The lowest BCUT2D eigenvalue weighted by Crippen LogP contribution is -2.17. The van der Waals surface area contributed by atoms with Gasteiger partial charge < -0.3 is 15.1 Å². The number of benzene rings is 2. The molecule has 0 aliphatic rings. The largest absolute Gasteiger partial charge is 0.423 e. The average molecular weight is 386 g/mol. The Bertz CT molecular complexity index is 847. The van der Waals surface area contributed by atoms with E-state index in [0.29, 0.717) is 23.1 Å². The van der Waals surface area contributed by atoms with Gasteiger partial charge in [-0.3, -0.25) is 0 Å². The first-order valence-electron chi connectivity index (χ1n) is 7.67. The molecule has 0 unspecified atom stereocenters. The SMILES string of the molecule is Fc1cc2nc(NCCCNCc3ccc(Cl)c(Cl)c3)oc2cc1F. The van der Waals surface area contributed by atoms with Crippen LogP contribution in [0.2, 0.25) is 10.0 Å². The van der Waals surface area contributed by atoms with Crippen LogP contribution in [0.25, 0.3) is 11.1 Å². The number of nitrogens with zero attached hydrogens (tertiary/aromatic N) is 1. The smallest absolute Gasteiger partial charge is 0.295 e. The van der Waals surface area contributed by atoms with Gasteiger partial charge in [0.05, 0.1) is 10.0 Å². The first-order valence-corrected chi connectivity index (χ1v) is 8.42. The Labute approximate surface area is 153 Å². The molecule has 0 amide bonds. The van der Waals surface area contributed by atoms with Crippen LogP contribution in [0.15, 0.2) is 34.7 Å². The van der Waals surface area contributed by atoms with Crippen molar-refractivity contribution in [3.8, 4) is 0 Å². The zero-order valence-corrected chi connectivity index (χ0v) is 14.6. The molecule has 0 bridgehead atoms. The minimum Gasteiger partial charge on any atom is -0.423 e. The van der Waals surface area contributed by atoms with E-state index in [9.17, 15) is 8.78 Å². The monoisotopic (exact) mass is 385 g/mol. The standard InChI is InChI=1S/C17H15Cl2F2N3O/c18-11-3-2-10(6-12(11)19)9-22-4-1-5-23-17-24-15-7-13(20)14(21)8-16(15)25-17/h2-3,6-8,22H,1,4-5,9H2,(H,23,24). The van der Waals surface area contributed by atoms with Gasteiger partial charge in [0.15, 0.2) is 17.2 Å². The molecule has 1 heterocycles. The second-order valence-corrected chi connectivity index (χ2v) is 6.27. The summed E-state index contributed by atoms with van der Waals surface area (Å²) in [5, 5.41) is 7.34. The number of aromatic nitrogens is 1. The molecular weight excluding hydrogens is 371 g/mol. The molecule has 2 aromatic carbocycles. The Hall–Kier alpha value is -1.89. The maximum atomic E-state index is 13.1. The lowest BCUT2D eigenvalue weighted by atomic mass is 10.2. The van der Waals surface area contributed by atoms with Crippen LogP contribution in [0.4, 0.5) is 14.8 Å². The highest BCUT2D eigenvalue weighted by atomic mass is 35.5. The summed E-state index contributed by atoms with van der Waals surface area (Å²) in [6.45, 7) is 2.04. The molecule has 0 spiro atoms. The van der Waals surface area contributed by atoms with Crippen molar-refractivity contribution in [2.24, 2.45) is 0 Å². The first kappa shape index (κ1) is 17.9. The molecule has 0 fully saturated rings. The van der Waals surface area contributed by atoms with Crippen molar-refractivity contribution in [2.75, 3.05) is 18.4 Å². The lowest BCUT2D eigenvalue weighted by molar-refractivity contribution is 0.507. The highest BCUT2D eigenvalue weighted by molar-refractivity contribution is 6.42. The number of hydrogen-bond donors (Lipinski definition) is 2. The Morgan fingerprint density at radius 3 is 2.60 bits per heavy atom. The van der Waals surface area contributed by atoms with Gasteiger partial charge >= 0.3 is 0 Å². The predicted molar refractivity (Wildman–Crippen MR) is 95.2 cm³/mol. The Morgan fingerprint density at radius 2 is 1.80 bits per heavy atom. The summed E-state index contributed by atoms with van der Waals surface area (Å²) in [4.78, 5) is 4.07. The summed E-state index contributed by atoms with van der Waals surface area (Å²) >= 11 is 11.8. The summed E-state index contributed by atoms with van der Waals surface area (Å²) in [5.74, 6) is -1.90. The van der Waals surface area contributed by atoms with Gasteiger partial charge in [-0.25, -0.2) is 8.78 Å². The summed E-state index contributed by atoms with van der Waals surface area (Å²) < 4.78 is 31.6. The Balaban J connectivity index is 1.42. The molecule has 2 N–H and O–H groups in total. The predicted octanol–water partition coefficient (Wildman–Crippen LogP) is 5.00. The Kier molecular flexibility index (Phi) is 5.73. The third kappa shape index (κ3) is 4.60. The maximum absolute atomic E-state index is 13.1. The van der Waals surface area contributed by atoms with E-state index >= 15 is 0 Å². The molecule has 0 aliphatic heterocycles. The van der Waals surface area contributed by atoms with Gasteiger partial charge in [0.1, 0.15) is 5.52 Å². The van der Waals surface area contributed by atoms with E-state index in [1.807, 2.05) is 12.1 Å². The van der Waals surface area contributed by atoms with Gasteiger partial charge in [-0.1, -0.05) is 29.3 Å². The highest BCUT2D eigenvalue weighted by Crippen LogP contribution is 2.23. The van der Waals surface area contributed by atoms with Gasteiger partial charge in [-0.2, -0.15) is 4.98 Å². The molecule has 0 saturated carbocycles. The second kappa shape index (κ2) is 7.99. The topological polar surface area (TPSA) is 50.1 Å². The van der Waals surface area contributed by atoms with Crippen LogP contribution in [-0.2, 0) is 6.54 Å². The zero-order valence-electron chi connectivity index (χ0n) is 13.1. The molecule has 25 heavy (non-hydrogen) atoms. The third-order valence-electron chi connectivity index (χ3n) is 3.55. The van der Waals surface area contributed by atoms with Crippen molar-refractivity contribution in [1.82, 2.24) is 10.3 Å². The molecular formula is C17H15Cl2F2N3O. The fraction of sp³-hybridized carbons (Fsp3) is 0.235. The fourth-order valence-electron chi connectivity index (χ4n) is 2.29. The van der Waals surface area contributed by atoms with Crippen molar-refractivity contribution in [3.63, 3.8) is 0 Å². The number of nitrogens with one attached hydrogen (secondary N) is 2. The minimum atomic E-state index is -0.957. The molecule has 3 aromatic rings. The van der Waals surface area contributed by atoms with Crippen molar-refractivity contribution in [3.05, 3.63) is 57.6 Å². The molecule has 132 valence electrons. The van der Waals surface area contributed by atoms with Gasteiger partial charge in [-0.05, 0) is 30.7 Å². The molecule has 0 atom stereocenters. The zero-order chi connectivity index (χ0) is 17.8. The van der Waals surface area contributed by atoms with E-state index < -0.39 is 11.6 Å². The van der Waals surface area contributed by atoms with Crippen molar-refractivity contribution >= 4 is 40.3 Å². The summed E-state index contributed by atoms with van der Waals surface area (Å²) in [5.41, 5.74) is 1.53. The normalized spacial score (nSPS) is 11.2. The number of hydrogen-bond acceptors (Lipinski definition) is 4. The average Bonchev–Trinajstić information content (AvgIpc) is 2.96. The quantitative estimate of drug-likeness (QED) is 0.561. The van der Waals surface area contributed by atoms with E-state index in [-0.39, 0.29) is 17.1 Å². The van der Waals surface area contributed by atoms with E-state index in [1.165, 1.54) is 0 Å². The lowest BCUT2D eigenvalue weighted by Gasteiger charge is -2.06. The van der Waals surface area contributed by atoms with Crippen LogP contribution in [-0.4, -0.2) is 18.1 Å². The number of anilines is 1. The molecule has 1 aromatic heterocycles. The molecule has 0 aliphatic carbocycles. The number of fused-ring (bicyclic) bond motifs is 1. The molecule has 0 radical (unpaired) electrons. The first-order chi connectivity index (χ1) is 12.0. The van der Waals surface area contributed by atoms with E-state index in [0.717, 1.165) is 30.7 Å². The Morgan fingerprint density at radius 1 is 1.00 bits per heavy atom. The molecule has 3 rings (SSSR count). The number of oxazole rings is 1. The van der Waals surface area contributed by atoms with Crippen molar-refractivity contribution in [1.29, 1.82) is 0 Å². The van der Waals surface area contributed by atoms with Gasteiger partial charge in [-0.15, -0.1) is 0 Å². The van der Waals surface area contributed by atoms with Crippen molar-refractivity contribution < 1.29 is 13.2 Å². The summed E-state index contributed by atoms with van der Waals surface area (Å²) in [7, 11) is 0. The van der Waals surface area contributed by atoms with E-state index in [2.05, 4.69) is 15.6 Å². The van der Waals surface area contributed by atoms with Crippen LogP contribution in [0.5, 0.6) is 0 Å². The number of halogens is 4. The van der Waals surface area contributed by atoms with E-state index in [4.69, 9.17) is 27.6 Å². The van der Waals surface area contributed by atoms with E-state index in [1.54, 1.807) is 6.07 Å². The van der Waals surface area contributed by atoms with Crippen LogP contribution in [0.1, 0.15) is 12.0 Å². The van der Waals surface area contributed by atoms with Gasteiger partial charge in [0, 0.05) is 25.2 Å². The third-order valence-corrected chi connectivity index (χ3v) is 4.29. The highest BCUT2D eigenvalue weighted by Gasteiger charge is 2.10.